The van der Waals surface area contributed by atoms with Crippen LogP contribution in [0.15, 0.2) is 6.20 Å². The summed E-state index contributed by atoms with van der Waals surface area (Å²) in [4.78, 5) is 29.5. The van der Waals surface area contributed by atoms with Gasteiger partial charge >= 0.3 is 0 Å². The molecule has 5 nitrogen and oxygen atoms in total. The fourth-order valence-corrected chi connectivity index (χ4v) is 3.32. The number of nitrogens with zero attached hydrogens (tertiary/aromatic N) is 2. The Morgan fingerprint density at radius 1 is 1.47 bits per heavy atom. The molecule has 104 valence electrons. The zero-order valence-corrected chi connectivity index (χ0v) is 12.1. The number of aromatic nitrogens is 1. The molecular formula is C13H19N3O2S. The highest BCUT2D eigenvalue weighted by Crippen LogP contribution is 2.37. The van der Waals surface area contributed by atoms with Crippen molar-refractivity contribution in [2.75, 3.05) is 13.1 Å². The minimum absolute atomic E-state index is 0.0527. The third kappa shape index (κ3) is 2.78. The van der Waals surface area contributed by atoms with E-state index in [4.69, 9.17) is 5.73 Å². The molecule has 1 fully saturated rings. The number of likely N-dealkylation sites (tertiary alicyclic amines) is 1. The van der Waals surface area contributed by atoms with Crippen LogP contribution in [0.4, 0.5) is 0 Å². The van der Waals surface area contributed by atoms with Crippen LogP contribution >= 0.6 is 11.3 Å². The van der Waals surface area contributed by atoms with Gasteiger partial charge in [0.25, 0.3) is 5.91 Å². The number of nitrogens with two attached hydrogens (primary N) is 1. The predicted octanol–water partition coefficient (Wildman–Crippen LogP) is 1.53. The Morgan fingerprint density at radius 2 is 2.11 bits per heavy atom. The number of thiazole rings is 1. The Bertz CT molecular complexity index is 490. The molecule has 0 aliphatic carbocycles. The highest BCUT2D eigenvalue weighted by atomic mass is 32.1. The molecule has 0 spiro atoms. The van der Waals surface area contributed by atoms with Gasteiger partial charge in [0.15, 0.2) is 0 Å². The Hall–Kier alpha value is -1.43. The molecule has 0 bridgehead atoms. The molecule has 0 unspecified atom stereocenters. The molecule has 2 N–H and O–H groups in total. The first-order chi connectivity index (χ1) is 8.96. The monoisotopic (exact) mass is 281 g/mol. The largest absolute Gasteiger partial charge is 0.365 e. The molecule has 0 saturated carbocycles. The van der Waals surface area contributed by atoms with Crippen molar-refractivity contribution in [3.8, 4) is 0 Å². The number of hydrogen-bond donors (Lipinski definition) is 1. The summed E-state index contributed by atoms with van der Waals surface area (Å²) in [6.07, 6.45) is 3.87. The van der Waals surface area contributed by atoms with Gasteiger partial charge in [-0.2, -0.15) is 0 Å². The summed E-state index contributed by atoms with van der Waals surface area (Å²) in [6.45, 7) is 5.55. The SMILES string of the molecule is CCC(=O)N1CCC(C)(c2ncc(C(N)=O)s2)CC1. The van der Waals surface area contributed by atoms with Gasteiger partial charge < -0.3 is 10.6 Å². The van der Waals surface area contributed by atoms with Crippen LogP contribution in [0.2, 0.25) is 0 Å². The standard InChI is InChI=1S/C13H19N3O2S/c1-3-10(17)16-6-4-13(2,5-7-16)12-15-8-9(19-12)11(14)18/h8H,3-7H2,1-2H3,(H2,14,18). The van der Waals surface area contributed by atoms with E-state index in [-0.39, 0.29) is 11.3 Å². The summed E-state index contributed by atoms with van der Waals surface area (Å²) in [7, 11) is 0. The quantitative estimate of drug-likeness (QED) is 0.913. The molecular weight excluding hydrogens is 262 g/mol. The summed E-state index contributed by atoms with van der Waals surface area (Å²) in [5.74, 6) is -0.218. The van der Waals surface area contributed by atoms with Crippen molar-refractivity contribution in [2.24, 2.45) is 5.73 Å². The van der Waals surface area contributed by atoms with Gasteiger partial charge in [-0.15, -0.1) is 11.3 Å². The lowest BCUT2D eigenvalue weighted by atomic mass is 9.81. The minimum atomic E-state index is -0.425. The highest BCUT2D eigenvalue weighted by molar-refractivity contribution is 7.13. The highest BCUT2D eigenvalue weighted by Gasteiger charge is 2.35. The Balaban J connectivity index is 2.08. The molecule has 1 saturated heterocycles. The van der Waals surface area contributed by atoms with Crippen LogP contribution in [0.25, 0.3) is 0 Å². The zero-order chi connectivity index (χ0) is 14.0. The molecule has 0 aromatic carbocycles. The molecule has 2 amide bonds. The van der Waals surface area contributed by atoms with E-state index < -0.39 is 5.91 Å². The third-order valence-electron chi connectivity index (χ3n) is 3.79. The van der Waals surface area contributed by atoms with E-state index in [1.54, 1.807) is 6.20 Å². The summed E-state index contributed by atoms with van der Waals surface area (Å²) < 4.78 is 0. The average molecular weight is 281 g/mol. The van der Waals surface area contributed by atoms with Crippen LogP contribution in [0, 0.1) is 0 Å². The zero-order valence-electron chi connectivity index (χ0n) is 11.3. The van der Waals surface area contributed by atoms with Crippen molar-refractivity contribution in [3.05, 3.63) is 16.1 Å². The van der Waals surface area contributed by atoms with Crippen LogP contribution in [-0.4, -0.2) is 34.8 Å². The van der Waals surface area contributed by atoms with Crippen LogP contribution in [0.3, 0.4) is 0 Å². The fraction of sp³-hybridized carbons (Fsp3) is 0.615. The van der Waals surface area contributed by atoms with Gasteiger partial charge in [0.05, 0.1) is 11.2 Å². The number of carbonyl (C=O) groups is 2. The number of hydrogen-bond acceptors (Lipinski definition) is 4. The van der Waals surface area contributed by atoms with Gasteiger partial charge in [-0.3, -0.25) is 9.59 Å². The summed E-state index contributed by atoms with van der Waals surface area (Å²) in [5.41, 5.74) is 5.21. The van der Waals surface area contributed by atoms with Gasteiger partial charge in [0.2, 0.25) is 5.91 Å². The van der Waals surface area contributed by atoms with Gasteiger partial charge in [-0.05, 0) is 12.8 Å². The molecule has 19 heavy (non-hydrogen) atoms. The summed E-state index contributed by atoms with van der Waals surface area (Å²) >= 11 is 1.37. The first-order valence-electron chi connectivity index (χ1n) is 6.50. The molecule has 6 heteroatoms. The van der Waals surface area contributed by atoms with Crippen LogP contribution in [0.1, 0.15) is 47.8 Å². The Kier molecular flexibility index (Phi) is 3.89. The van der Waals surface area contributed by atoms with E-state index in [1.165, 1.54) is 11.3 Å². The fourth-order valence-electron chi connectivity index (χ4n) is 2.35. The number of rotatable bonds is 3. The van der Waals surface area contributed by atoms with Gasteiger partial charge in [-0.25, -0.2) is 4.98 Å². The van der Waals surface area contributed by atoms with Crippen LogP contribution in [0.5, 0.6) is 0 Å². The van der Waals surface area contributed by atoms with E-state index in [0.29, 0.717) is 11.3 Å². The first-order valence-corrected chi connectivity index (χ1v) is 7.32. The van der Waals surface area contributed by atoms with Crippen molar-refractivity contribution >= 4 is 23.2 Å². The Morgan fingerprint density at radius 3 is 2.58 bits per heavy atom. The molecule has 0 atom stereocenters. The van der Waals surface area contributed by atoms with E-state index >= 15 is 0 Å². The van der Waals surface area contributed by atoms with E-state index in [2.05, 4.69) is 11.9 Å². The van der Waals surface area contributed by atoms with Crippen molar-refractivity contribution in [1.29, 1.82) is 0 Å². The first kappa shape index (κ1) is 14.0. The minimum Gasteiger partial charge on any atom is -0.365 e. The molecule has 1 aromatic heterocycles. The number of amides is 2. The summed E-state index contributed by atoms with van der Waals surface area (Å²) in [5, 5.41) is 0.949. The molecule has 2 rings (SSSR count). The lowest BCUT2D eigenvalue weighted by Crippen LogP contribution is -2.43. The van der Waals surface area contributed by atoms with E-state index in [1.807, 2.05) is 11.8 Å². The number of primary amides is 1. The lowest BCUT2D eigenvalue weighted by molar-refractivity contribution is -0.132. The molecule has 1 aliphatic heterocycles. The van der Waals surface area contributed by atoms with Gasteiger partial charge in [0.1, 0.15) is 4.88 Å². The second-order valence-corrected chi connectivity index (χ2v) is 6.22. The van der Waals surface area contributed by atoms with Crippen molar-refractivity contribution in [2.45, 2.75) is 38.5 Å². The van der Waals surface area contributed by atoms with Crippen LogP contribution in [-0.2, 0) is 10.2 Å². The van der Waals surface area contributed by atoms with Gasteiger partial charge in [-0.1, -0.05) is 13.8 Å². The van der Waals surface area contributed by atoms with Crippen molar-refractivity contribution < 1.29 is 9.59 Å². The maximum atomic E-state index is 11.7. The maximum absolute atomic E-state index is 11.7. The number of piperidine rings is 1. The second kappa shape index (κ2) is 5.28. The van der Waals surface area contributed by atoms with Crippen LogP contribution < -0.4 is 5.73 Å². The van der Waals surface area contributed by atoms with Crippen molar-refractivity contribution in [1.82, 2.24) is 9.88 Å². The smallest absolute Gasteiger partial charge is 0.260 e. The Labute approximate surface area is 116 Å². The lowest BCUT2D eigenvalue weighted by Gasteiger charge is -2.38. The molecule has 1 aliphatic rings. The summed E-state index contributed by atoms with van der Waals surface area (Å²) in [6, 6.07) is 0. The molecule has 2 heterocycles. The molecule has 1 aromatic rings. The predicted molar refractivity (Wildman–Crippen MR) is 74.1 cm³/mol. The van der Waals surface area contributed by atoms with E-state index in [0.717, 1.165) is 30.9 Å². The maximum Gasteiger partial charge on any atom is 0.260 e. The topological polar surface area (TPSA) is 76.3 Å². The van der Waals surface area contributed by atoms with E-state index in [9.17, 15) is 9.59 Å². The third-order valence-corrected chi connectivity index (χ3v) is 5.11. The molecule has 0 radical (unpaired) electrons. The average Bonchev–Trinajstić information content (AvgIpc) is 2.89. The normalized spacial score (nSPS) is 18.3. The number of carbonyl (C=O) groups excluding carboxylic acids is 2. The van der Waals surface area contributed by atoms with Gasteiger partial charge in [0, 0.05) is 24.9 Å². The second-order valence-electron chi connectivity index (χ2n) is 5.19. The van der Waals surface area contributed by atoms with Crippen molar-refractivity contribution in [3.63, 3.8) is 0 Å².